The van der Waals surface area contributed by atoms with E-state index >= 15 is 0 Å². The summed E-state index contributed by atoms with van der Waals surface area (Å²) in [6, 6.07) is 9.16. The number of nitrogens with zero attached hydrogens (tertiary/aromatic N) is 2. The Morgan fingerprint density at radius 3 is 2.08 bits per heavy atom. The van der Waals surface area contributed by atoms with Gasteiger partial charge >= 0.3 is 5.97 Å². The molecule has 3 heterocycles. The van der Waals surface area contributed by atoms with Gasteiger partial charge in [-0.15, -0.1) is 0 Å². The van der Waals surface area contributed by atoms with Gasteiger partial charge < -0.3 is 58.5 Å². The molecule has 3 saturated heterocycles. The first-order valence-corrected chi connectivity index (χ1v) is 21.7. The van der Waals surface area contributed by atoms with Crippen molar-refractivity contribution in [3.05, 3.63) is 35.9 Å². The predicted molar refractivity (Wildman–Crippen MR) is 223 cm³/mol. The van der Waals surface area contributed by atoms with Crippen molar-refractivity contribution < 1.29 is 58.4 Å². The average Bonchev–Trinajstić information content (AvgIpc) is 3.19. The lowest BCUT2D eigenvalue weighted by Crippen LogP contribution is -2.61. The first-order valence-electron chi connectivity index (χ1n) is 21.7. The van der Waals surface area contributed by atoms with Crippen LogP contribution in [0.15, 0.2) is 30.3 Å². The molecule has 3 aliphatic heterocycles. The van der Waals surface area contributed by atoms with Crippen molar-refractivity contribution in [2.24, 2.45) is 17.8 Å². The molecule has 0 aliphatic carbocycles. The molecule has 0 spiro atoms. The fraction of sp³-hybridized carbons (Fsp3) is 0.844. The number of carbonyl (C=O) groups excluding carboxylic acids is 1. The summed E-state index contributed by atoms with van der Waals surface area (Å²) in [4.78, 5) is 18.7. The van der Waals surface area contributed by atoms with Crippen LogP contribution in [0, 0.1) is 17.8 Å². The lowest BCUT2D eigenvalue weighted by atomic mass is 9.77. The monoisotopic (exact) mass is 839 g/mol. The molecule has 0 bridgehead atoms. The number of aliphatic hydroxyl groups is 4. The highest BCUT2D eigenvalue weighted by molar-refractivity contribution is 5.73. The standard InChI is InChI=1S/C45H78N2O12/c1-15-34-45(10,52)38(49)30(6)47(25-32-19-17-16-18-20-32)24-26(2)22-44(9,54-14)40(59-42-36(48)33(46(11)12)21-27(3)55-42)28(4)37(29(5)41(51)57-34)58-35-23-43(8,53-13)39(50)31(7)56-35/h16-20,26-31,33-40,42,48-50,52H,15,21-25H2,1-14H3/t26-,27-,28+,29-,30-,31+,33+,34-,35+,36-,37+,38-,39+,40-,42+,43-,44-,45-/m1/s1. The Morgan fingerprint density at radius 1 is 0.881 bits per heavy atom. The zero-order valence-electron chi connectivity index (χ0n) is 38.2. The Bertz CT molecular complexity index is 1450. The second-order valence-corrected chi connectivity index (χ2v) is 18.8. The number of ether oxygens (including phenoxy) is 7. The SMILES string of the molecule is CC[C@H]1OC(=O)[C@H](C)[C@@H](O[C@H]2C[C@@](C)(OC)[C@@H](O)[C@H](C)O2)[C@H](C)[C@@H](O[C@@H]2O[C@H](C)C[C@H](N(C)C)[C@H]2O)[C@](C)(OC)C[C@@H](C)CN(Cc2ccccc2)[C@H](C)[C@@H](O)[C@]1(C)O. The van der Waals surface area contributed by atoms with Gasteiger partial charge in [0.2, 0.25) is 0 Å². The van der Waals surface area contributed by atoms with Crippen molar-refractivity contribution in [2.75, 3.05) is 34.9 Å². The summed E-state index contributed by atoms with van der Waals surface area (Å²) in [6.45, 7) is 19.4. The summed E-state index contributed by atoms with van der Waals surface area (Å²) < 4.78 is 45.0. The minimum absolute atomic E-state index is 0.0691. The van der Waals surface area contributed by atoms with E-state index in [1.165, 1.54) is 14.0 Å². The zero-order chi connectivity index (χ0) is 44.2. The van der Waals surface area contributed by atoms with Crippen LogP contribution in [0.4, 0.5) is 0 Å². The number of likely N-dealkylation sites (N-methyl/N-ethyl adjacent to an activating group) is 1. The van der Waals surface area contributed by atoms with Crippen molar-refractivity contribution >= 4 is 5.97 Å². The number of rotatable bonds is 10. The molecule has 340 valence electrons. The van der Waals surface area contributed by atoms with Crippen LogP contribution < -0.4 is 0 Å². The molecule has 0 amide bonds. The fourth-order valence-electron chi connectivity index (χ4n) is 9.80. The Balaban J connectivity index is 1.88. The molecule has 4 N–H and O–H groups in total. The molecule has 14 heteroatoms. The molecule has 0 unspecified atom stereocenters. The van der Waals surface area contributed by atoms with Gasteiger partial charge in [-0.1, -0.05) is 51.1 Å². The summed E-state index contributed by atoms with van der Waals surface area (Å²) in [6.07, 6.45) is -7.53. The molecule has 3 aliphatic rings. The third kappa shape index (κ3) is 11.4. The summed E-state index contributed by atoms with van der Waals surface area (Å²) in [5.41, 5.74) is -2.86. The number of hydrogen-bond donors (Lipinski definition) is 4. The maximum atomic E-state index is 14.5. The molecule has 14 nitrogen and oxygen atoms in total. The van der Waals surface area contributed by atoms with Gasteiger partial charge in [-0.3, -0.25) is 9.69 Å². The van der Waals surface area contributed by atoms with Crippen LogP contribution in [0.1, 0.15) is 100 Å². The summed E-state index contributed by atoms with van der Waals surface area (Å²) in [5, 5.41) is 47.0. The number of hydrogen-bond acceptors (Lipinski definition) is 14. The summed E-state index contributed by atoms with van der Waals surface area (Å²) in [7, 11) is 7.01. The van der Waals surface area contributed by atoms with Crippen molar-refractivity contribution in [2.45, 2.75) is 192 Å². The lowest BCUT2D eigenvalue weighted by molar-refractivity contribution is -0.319. The Kier molecular flexibility index (Phi) is 17.4. The molecule has 4 rings (SSSR count). The third-order valence-corrected chi connectivity index (χ3v) is 13.7. The maximum absolute atomic E-state index is 14.5. The maximum Gasteiger partial charge on any atom is 0.311 e. The Morgan fingerprint density at radius 2 is 1.51 bits per heavy atom. The number of methoxy groups -OCH3 is 2. The lowest BCUT2D eigenvalue weighted by Gasteiger charge is -2.49. The van der Waals surface area contributed by atoms with Crippen molar-refractivity contribution in [1.29, 1.82) is 0 Å². The summed E-state index contributed by atoms with van der Waals surface area (Å²) >= 11 is 0. The van der Waals surface area contributed by atoms with E-state index in [0.717, 1.165) is 5.56 Å². The van der Waals surface area contributed by atoms with Gasteiger partial charge in [0.25, 0.3) is 0 Å². The largest absolute Gasteiger partial charge is 0.459 e. The predicted octanol–water partition coefficient (Wildman–Crippen LogP) is 4.13. The molecule has 0 saturated carbocycles. The van der Waals surface area contributed by atoms with Crippen molar-refractivity contribution in [3.8, 4) is 0 Å². The van der Waals surface area contributed by atoms with Crippen LogP contribution in [-0.2, 0) is 44.5 Å². The average molecular weight is 839 g/mol. The molecule has 1 aromatic carbocycles. The van der Waals surface area contributed by atoms with Crippen LogP contribution in [0.2, 0.25) is 0 Å². The van der Waals surface area contributed by atoms with E-state index in [1.54, 1.807) is 27.9 Å². The molecule has 1 aromatic rings. The first kappa shape index (κ1) is 49.9. The minimum atomic E-state index is -1.83. The number of carbonyl (C=O) groups is 1. The van der Waals surface area contributed by atoms with E-state index in [1.807, 2.05) is 83.9 Å². The molecule has 18 atom stereocenters. The van der Waals surface area contributed by atoms with E-state index in [0.29, 0.717) is 25.9 Å². The summed E-state index contributed by atoms with van der Waals surface area (Å²) in [5.74, 6) is -2.33. The quantitative estimate of drug-likeness (QED) is 0.248. The van der Waals surface area contributed by atoms with Crippen molar-refractivity contribution in [3.63, 3.8) is 0 Å². The minimum Gasteiger partial charge on any atom is -0.459 e. The van der Waals surface area contributed by atoms with Crippen LogP contribution in [0.3, 0.4) is 0 Å². The van der Waals surface area contributed by atoms with Gasteiger partial charge in [0.05, 0.1) is 41.5 Å². The molecular formula is C45H78N2O12. The topological polar surface area (TPSA) is 169 Å². The van der Waals surface area contributed by atoms with E-state index in [-0.39, 0.29) is 30.9 Å². The van der Waals surface area contributed by atoms with Crippen LogP contribution in [0.25, 0.3) is 0 Å². The van der Waals surface area contributed by atoms with Gasteiger partial charge in [-0.2, -0.15) is 0 Å². The molecule has 59 heavy (non-hydrogen) atoms. The van der Waals surface area contributed by atoms with E-state index in [9.17, 15) is 25.2 Å². The van der Waals surface area contributed by atoms with Gasteiger partial charge in [0.1, 0.15) is 30.0 Å². The van der Waals surface area contributed by atoms with Gasteiger partial charge in [-0.05, 0) is 93.3 Å². The number of esters is 1. The highest BCUT2D eigenvalue weighted by atomic mass is 16.7. The highest BCUT2D eigenvalue weighted by Crippen LogP contribution is 2.41. The molecule has 0 aromatic heterocycles. The normalized spacial score (nSPS) is 45.1. The van der Waals surface area contributed by atoms with Crippen LogP contribution >= 0.6 is 0 Å². The van der Waals surface area contributed by atoms with E-state index < -0.39 is 96.0 Å². The Labute approximate surface area is 353 Å². The van der Waals surface area contributed by atoms with Gasteiger partial charge in [0.15, 0.2) is 12.6 Å². The second-order valence-electron chi connectivity index (χ2n) is 18.8. The molecule has 3 fully saturated rings. The highest BCUT2D eigenvalue weighted by Gasteiger charge is 2.53. The molecule has 0 radical (unpaired) electrons. The molecular weight excluding hydrogens is 760 g/mol. The zero-order valence-corrected chi connectivity index (χ0v) is 38.2. The first-order chi connectivity index (χ1) is 27.5. The Hall–Kier alpha value is -1.79. The van der Waals surface area contributed by atoms with E-state index in [2.05, 4.69) is 11.8 Å². The third-order valence-electron chi connectivity index (χ3n) is 13.7. The van der Waals surface area contributed by atoms with E-state index in [4.69, 9.17) is 33.2 Å². The van der Waals surface area contributed by atoms with Crippen molar-refractivity contribution in [1.82, 2.24) is 9.80 Å². The smallest absolute Gasteiger partial charge is 0.311 e. The van der Waals surface area contributed by atoms with Gasteiger partial charge in [0, 0.05) is 51.7 Å². The van der Waals surface area contributed by atoms with Crippen LogP contribution in [0.5, 0.6) is 0 Å². The number of benzene rings is 1. The second kappa shape index (κ2) is 20.6. The van der Waals surface area contributed by atoms with Gasteiger partial charge in [-0.25, -0.2) is 0 Å². The van der Waals surface area contributed by atoms with Crippen LogP contribution in [-0.4, -0.2) is 161 Å². The number of aliphatic hydroxyl groups excluding tert-OH is 3. The fourth-order valence-corrected chi connectivity index (χ4v) is 9.80. The number of cyclic esters (lactones) is 1.